The molecule has 0 amide bonds. The number of hydrogen-bond acceptors (Lipinski definition) is 7. The maximum atomic E-state index is 12.5. The number of rotatable bonds is 5. The van der Waals surface area contributed by atoms with Crippen LogP contribution < -0.4 is 15.8 Å². The van der Waals surface area contributed by atoms with E-state index in [2.05, 4.69) is 15.5 Å². The van der Waals surface area contributed by atoms with E-state index >= 15 is 0 Å². The van der Waals surface area contributed by atoms with E-state index in [9.17, 15) is 4.79 Å². The number of benzene rings is 2. The van der Waals surface area contributed by atoms with Gasteiger partial charge in [0.2, 0.25) is 5.13 Å². The van der Waals surface area contributed by atoms with Crippen LogP contribution in [-0.4, -0.2) is 17.8 Å². The predicted octanol–water partition coefficient (Wildman–Crippen LogP) is 6.07. The third-order valence-corrected chi connectivity index (χ3v) is 5.87. The molecule has 0 saturated heterocycles. The lowest BCUT2D eigenvalue weighted by Crippen LogP contribution is -2.04. The summed E-state index contributed by atoms with van der Waals surface area (Å²) < 4.78 is 10.7. The fourth-order valence-electron chi connectivity index (χ4n) is 2.82. The van der Waals surface area contributed by atoms with Crippen molar-refractivity contribution in [1.29, 1.82) is 0 Å². The third kappa shape index (κ3) is 4.05. The van der Waals surface area contributed by atoms with Crippen molar-refractivity contribution in [1.82, 2.24) is 4.98 Å². The summed E-state index contributed by atoms with van der Waals surface area (Å²) in [6.07, 6.45) is 0. The minimum atomic E-state index is -0.487. The number of fused-ring (bicyclic) bond motifs is 1. The summed E-state index contributed by atoms with van der Waals surface area (Å²) in [4.78, 5) is 16.9. The van der Waals surface area contributed by atoms with E-state index in [1.807, 2.05) is 25.1 Å². The molecule has 0 spiro atoms. The van der Waals surface area contributed by atoms with Gasteiger partial charge in [0.25, 0.3) is 0 Å². The first-order chi connectivity index (χ1) is 14.5. The van der Waals surface area contributed by atoms with E-state index in [4.69, 9.17) is 32.4 Å². The summed E-state index contributed by atoms with van der Waals surface area (Å²) in [6.45, 7) is 1.84. The second-order valence-electron chi connectivity index (χ2n) is 6.30. The lowest BCUT2D eigenvalue weighted by molar-refractivity contribution is 0.407. The maximum absolute atomic E-state index is 12.5. The highest BCUT2D eigenvalue weighted by Gasteiger charge is 2.14. The van der Waals surface area contributed by atoms with Crippen LogP contribution in [0.5, 0.6) is 5.75 Å². The molecule has 152 valence electrons. The van der Waals surface area contributed by atoms with Crippen molar-refractivity contribution in [2.24, 2.45) is 5.10 Å². The van der Waals surface area contributed by atoms with Gasteiger partial charge in [-0.3, -0.25) is 5.43 Å². The first kappa shape index (κ1) is 20.4. The smallest absolute Gasteiger partial charge is 0.345 e. The topological polar surface area (TPSA) is 76.7 Å². The van der Waals surface area contributed by atoms with Gasteiger partial charge < -0.3 is 9.15 Å². The molecular weight excluding hydrogens is 445 g/mol. The van der Waals surface area contributed by atoms with Crippen molar-refractivity contribution in [3.05, 3.63) is 73.9 Å². The number of hydrogen-bond donors (Lipinski definition) is 1. The zero-order valence-corrected chi connectivity index (χ0v) is 18.2. The van der Waals surface area contributed by atoms with Gasteiger partial charge in [0, 0.05) is 10.8 Å². The van der Waals surface area contributed by atoms with E-state index in [0.29, 0.717) is 43.5 Å². The molecule has 0 bridgehead atoms. The van der Waals surface area contributed by atoms with Crippen LogP contribution in [0, 0.1) is 0 Å². The normalized spacial score (nSPS) is 11.7. The quantitative estimate of drug-likeness (QED) is 0.222. The maximum Gasteiger partial charge on any atom is 0.345 e. The zero-order chi connectivity index (χ0) is 21.3. The molecule has 0 radical (unpaired) electrons. The van der Waals surface area contributed by atoms with Gasteiger partial charge in [0.1, 0.15) is 0 Å². The molecule has 0 saturated carbocycles. The SMILES string of the molecule is COc1cccc2cc(-c3csc(N/N=C(\C)c4ccc(Cl)c(Cl)c4)n3)c(=O)oc12. The molecular formula is C21H15Cl2N3O3S. The van der Waals surface area contributed by atoms with Crippen LogP contribution in [0.1, 0.15) is 12.5 Å². The Labute approximate surface area is 185 Å². The van der Waals surface area contributed by atoms with Crippen molar-refractivity contribution >= 4 is 56.4 Å². The highest BCUT2D eigenvalue weighted by atomic mass is 35.5. The summed E-state index contributed by atoms with van der Waals surface area (Å²) >= 11 is 13.3. The van der Waals surface area contributed by atoms with E-state index in [1.165, 1.54) is 18.4 Å². The molecule has 30 heavy (non-hydrogen) atoms. The Hall–Kier alpha value is -2.87. The van der Waals surface area contributed by atoms with Crippen molar-refractivity contribution in [3.63, 3.8) is 0 Å². The largest absolute Gasteiger partial charge is 0.493 e. The Kier molecular flexibility index (Phi) is 5.76. The molecule has 9 heteroatoms. The fraction of sp³-hybridized carbons (Fsp3) is 0.0952. The molecule has 0 aliphatic heterocycles. The molecule has 2 aromatic carbocycles. The molecule has 0 aliphatic rings. The Morgan fingerprint density at radius 2 is 2.03 bits per heavy atom. The van der Waals surface area contributed by atoms with Gasteiger partial charge >= 0.3 is 5.63 Å². The number of para-hydroxylation sites is 1. The van der Waals surface area contributed by atoms with Crippen LogP contribution in [0.3, 0.4) is 0 Å². The monoisotopic (exact) mass is 459 g/mol. The summed E-state index contributed by atoms with van der Waals surface area (Å²) in [5.41, 5.74) is 5.24. The zero-order valence-electron chi connectivity index (χ0n) is 15.9. The third-order valence-electron chi connectivity index (χ3n) is 4.38. The molecule has 2 aromatic heterocycles. The second kappa shape index (κ2) is 8.47. The van der Waals surface area contributed by atoms with Crippen molar-refractivity contribution in [2.45, 2.75) is 6.92 Å². The lowest BCUT2D eigenvalue weighted by atomic mass is 10.1. The molecule has 0 fully saturated rings. The predicted molar refractivity (Wildman–Crippen MR) is 122 cm³/mol. The molecule has 1 N–H and O–H groups in total. The molecule has 0 aliphatic carbocycles. The van der Waals surface area contributed by atoms with Gasteiger partial charge in [-0.05, 0) is 36.8 Å². The van der Waals surface area contributed by atoms with Gasteiger partial charge in [-0.2, -0.15) is 5.10 Å². The average molecular weight is 460 g/mol. The summed E-state index contributed by atoms with van der Waals surface area (Å²) in [5, 5.41) is 8.33. The van der Waals surface area contributed by atoms with Crippen LogP contribution in [0.4, 0.5) is 5.13 Å². The Bertz CT molecular complexity index is 1330. The Morgan fingerprint density at radius 3 is 2.80 bits per heavy atom. The van der Waals surface area contributed by atoms with Crippen LogP contribution in [0.25, 0.3) is 22.2 Å². The highest BCUT2D eigenvalue weighted by molar-refractivity contribution is 7.14. The minimum Gasteiger partial charge on any atom is -0.493 e. The molecule has 2 heterocycles. The van der Waals surface area contributed by atoms with E-state index in [-0.39, 0.29) is 0 Å². The van der Waals surface area contributed by atoms with E-state index in [0.717, 1.165) is 10.9 Å². The number of halogens is 2. The van der Waals surface area contributed by atoms with E-state index in [1.54, 1.807) is 29.6 Å². The summed E-state index contributed by atoms with van der Waals surface area (Å²) in [5.74, 6) is 0.504. The van der Waals surface area contributed by atoms with Crippen molar-refractivity contribution in [3.8, 4) is 17.0 Å². The standard InChI is InChI=1S/C21H15Cl2N3O3S/c1-11(12-6-7-15(22)16(23)9-12)25-26-21-24-17(10-30-21)14-8-13-4-3-5-18(28-2)19(13)29-20(14)27/h3-10H,1-2H3,(H,24,26)/b25-11+. The number of anilines is 1. The van der Waals surface area contributed by atoms with Crippen LogP contribution in [0.15, 0.2) is 62.2 Å². The van der Waals surface area contributed by atoms with Gasteiger partial charge in [0.05, 0.1) is 34.1 Å². The fourth-order valence-corrected chi connectivity index (χ4v) is 3.77. The molecule has 0 atom stereocenters. The molecule has 6 nitrogen and oxygen atoms in total. The Morgan fingerprint density at radius 1 is 1.20 bits per heavy atom. The Balaban J connectivity index is 1.60. The van der Waals surface area contributed by atoms with Crippen LogP contribution in [-0.2, 0) is 0 Å². The average Bonchev–Trinajstić information content (AvgIpc) is 3.21. The highest BCUT2D eigenvalue weighted by Crippen LogP contribution is 2.29. The van der Waals surface area contributed by atoms with Gasteiger partial charge in [-0.25, -0.2) is 9.78 Å². The number of ether oxygens (including phenoxy) is 1. The number of nitrogens with one attached hydrogen (secondary N) is 1. The van der Waals surface area contributed by atoms with Crippen LogP contribution in [0.2, 0.25) is 10.0 Å². The first-order valence-corrected chi connectivity index (χ1v) is 10.4. The minimum absolute atomic E-state index is 0.366. The summed E-state index contributed by atoms with van der Waals surface area (Å²) in [7, 11) is 1.53. The number of nitrogens with zero attached hydrogens (tertiary/aromatic N) is 2. The molecule has 4 rings (SSSR count). The molecule has 0 unspecified atom stereocenters. The number of thiazole rings is 1. The van der Waals surface area contributed by atoms with Gasteiger partial charge in [0.15, 0.2) is 11.3 Å². The van der Waals surface area contributed by atoms with Crippen molar-refractivity contribution in [2.75, 3.05) is 12.5 Å². The number of hydrazone groups is 1. The second-order valence-corrected chi connectivity index (χ2v) is 7.97. The molecule has 4 aromatic rings. The summed E-state index contributed by atoms with van der Waals surface area (Å²) in [6, 6.07) is 12.5. The van der Waals surface area contributed by atoms with Crippen LogP contribution >= 0.6 is 34.5 Å². The van der Waals surface area contributed by atoms with Gasteiger partial charge in [-0.1, -0.05) is 41.4 Å². The van der Waals surface area contributed by atoms with Gasteiger partial charge in [-0.15, -0.1) is 11.3 Å². The first-order valence-electron chi connectivity index (χ1n) is 8.79. The van der Waals surface area contributed by atoms with Crippen molar-refractivity contribution < 1.29 is 9.15 Å². The van der Waals surface area contributed by atoms with E-state index < -0.39 is 5.63 Å². The number of aromatic nitrogens is 1. The number of methoxy groups -OCH3 is 1. The lowest BCUT2D eigenvalue weighted by Gasteiger charge is -2.04.